The third-order valence-corrected chi connectivity index (χ3v) is 22.0. The van der Waals surface area contributed by atoms with E-state index >= 15 is 0 Å². The van der Waals surface area contributed by atoms with Gasteiger partial charge in [-0.3, -0.25) is 0 Å². The Morgan fingerprint density at radius 2 is 0.377 bits per heavy atom. The van der Waals surface area contributed by atoms with Crippen LogP contribution in [0, 0.1) is 0 Å². The zero-order valence-electron chi connectivity index (χ0n) is 62.6. The van der Waals surface area contributed by atoms with E-state index < -0.39 is 0 Å². The fourth-order valence-electron chi connectivity index (χ4n) is 16.7. The van der Waals surface area contributed by atoms with Crippen molar-refractivity contribution in [3.8, 4) is 67.3 Å². The molecule has 0 radical (unpaired) electrons. The first-order valence-electron chi connectivity index (χ1n) is 39.0. The van der Waals surface area contributed by atoms with Crippen molar-refractivity contribution < 1.29 is 0 Å². The fraction of sp³-hybridized carbons (Fsp3) is 0. The van der Waals surface area contributed by atoms with Crippen molar-refractivity contribution in [3.63, 3.8) is 0 Å². The van der Waals surface area contributed by atoms with Crippen LogP contribution in [0.15, 0.2) is 461 Å². The van der Waals surface area contributed by atoms with Crippen molar-refractivity contribution in [1.82, 2.24) is 9.13 Å². The summed E-state index contributed by atoms with van der Waals surface area (Å²) in [6.45, 7) is 0. The largest absolute Gasteiger partial charge is 0.311 e. The molecule has 0 saturated heterocycles. The Bertz CT molecular complexity index is 6360. The third kappa shape index (κ3) is 12.9. The van der Waals surface area contributed by atoms with Crippen molar-refractivity contribution in [1.29, 1.82) is 0 Å². The van der Waals surface area contributed by atoms with E-state index in [0.717, 1.165) is 146 Å². The van der Waals surface area contributed by atoms with Crippen LogP contribution in [0.1, 0.15) is 0 Å². The smallest absolute Gasteiger partial charge is 0.0619 e. The van der Waals surface area contributed by atoms with Crippen LogP contribution in [-0.2, 0) is 0 Å². The van der Waals surface area contributed by atoms with E-state index in [4.69, 9.17) is 0 Å². The molecule has 0 unspecified atom stereocenters. The summed E-state index contributed by atoms with van der Waals surface area (Å²) in [6, 6.07) is 167. The highest BCUT2D eigenvalue weighted by molar-refractivity contribution is 6.10. The van der Waals surface area contributed by atoms with Crippen LogP contribution in [0.4, 0.5) is 68.2 Å². The molecule has 18 aromatic carbocycles. The second-order valence-electron chi connectivity index (χ2n) is 28.9. The molecule has 0 atom stereocenters. The van der Waals surface area contributed by atoms with Gasteiger partial charge in [-0.1, -0.05) is 267 Å². The zero-order chi connectivity index (χ0) is 75.7. The summed E-state index contributed by atoms with van der Waals surface area (Å²) >= 11 is 0. The molecule has 20 rings (SSSR count). The number of anilines is 12. The molecular weight excluding hydrogens is 1380 g/mol. The summed E-state index contributed by atoms with van der Waals surface area (Å²) in [5.41, 5.74) is 28.5. The van der Waals surface area contributed by atoms with Crippen LogP contribution < -0.4 is 19.6 Å². The topological polar surface area (TPSA) is 22.8 Å². The van der Waals surface area contributed by atoms with Crippen molar-refractivity contribution in [2.45, 2.75) is 0 Å². The highest BCUT2D eigenvalue weighted by Crippen LogP contribution is 2.50. The van der Waals surface area contributed by atoms with E-state index in [0.29, 0.717) is 0 Å². The molecule has 0 fully saturated rings. The molecular formula is C108H76N6. The van der Waals surface area contributed by atoms with Gasteiger partial charge in [-0.15, -0.1) is 0 Å². The first-order valence-corrected chi connectivity index (χ1v) is 39.0. The molecule has 538 valence electrons. The lowest BCUT2D eigenvalue weighted by molar-refractivity contribution is 1.13. The molecule has 114 heavy (non-hydrogen) atoms. The third-order valence-electron chi connectivity index (χ3n) is 22.0. The van der Waals surface area contributed by atoms with Gasteiger partial charge in [-0.05, 0) is 249 Å². The molecule has 0 aliphatic rings. The predicted octanol–water partition coefficient (Wildman–Crippen LogP) is 30.1. The van der Waals surface area contributed by atoms with Crippen molar-refractivity contribution in [3.05, 3.63) is 461 Å². The van der Waals surface area contributed by atoms with Gasteiger partial charge in [0.05, 0.1) is 22.4 Å². The zero-order valence-corrected chi connectivity index (χ0v) is 62.6. The quantitative estimate of drug-likeness (QED) is 0.0805. The Hall–Kier alpha value is -15.2. The summed E-state index contributed by atoms with van der Waals surface area (Å²) in [7, 11) is 0. The highest BCUT2D eigenvalue weighted by atomic mass is 15.2. The molecule has 0 amide bonds. The molecule has 0 aliphatic carbocycles. The molecule has 20 aromatic rings. The molecule has 6 nitrogen and oxygen atoms in total. The molecule has 0 bridgehead atoms. The summed E-state index contributed by atoms with van der Waals surface area (Å²) in [6.07, 6.45) is 0. The predicted molar refractivity (Wildman–Crippen MR) is 481 cm³/mol. The average molecular weight is 1460 g/mol. The molecule has 0 N–H and O–H groups in total. The number of aromatic nitrogens is 2. The van der Waals surface area contributed by atoms with Crippen molar-refractivity contribution in [2.75, 3.05) is 19.6 Å². The van der Waals surface area contributed by atoms with Gasteiger partial charge in [0.2, 0.25) is 0 Å². The van der Waals surface area contributed by atoms with E-state index in [1.807, 2.05) is 0 Å². The summed E-state index contributed by atoms with van der Waals surface area (Å²) in [4.78, 5) is 9.38. The van der Waals surface area contributed by atoms with Crippen LogP contribution in [0.3, 0.4) is 0 Å². The Labute approximate surface area is 664 Å². The minimum absolute atomic E-state index is 1.04. The average Bonchev–Trinajstić information content (AvgIpc) is 1.57. The fourth-order valence-corrected chi connectivity index (χ4v) is 16.7. The first kappa shape index (κ1) is 68.1. The maximum Gasteiger partial charge on any atom is 0.0619 e. The number of para-hydroxylation sites is 4. The van der Waals surface area contributed by atoms with Crippen LogP contribution in [0.5, 0.6) is 0 Å². The maximum atomic E-state index is 2.48. The van der Waals surface area contributed by atoms with E-state index in [1.54, 1.807) is 0 Å². The standard InChI is InChI=1S/C108H76N6/c1-9-31-79(32-10-1)105-101-75-85(51-71-103(101)113(107(105)81-35-13-3-14-36-81)97-67-63-93(64-68-97)109(87-41-17-5-18-42-87)91-55-59-95(60-56-91)111(89-45-21-7-22-46-89)99-53-49-77-29-25-27-39-83(77)73-99)86-52-72-104-102(76-86)106(80-33-11-2-12-34-80)108(82-37-15-4-16-38-82)114(104)98-69-65-94(66-70-98)110(88-43-19-6-20-44-88)92-57-61-96(62-58-92)112(90-47-23-8-24-48-90)100-54-50-78-30-26-28-40-84(78)74-100/h1-76H. The number of fused-ring (bicyclic) bond motifs is 4. The summed E-state index contributed by atoms with van der Waals surface area (Å²) in [5, 5.41) is 7.13. The number of hydrogen-bond donors (Lipinski definition) is 0. The van der Waals surface area contributed by atoms with Gasteiger partial charge in [0.15, 0.2) is 0 Å². The molecule has 2 aromatic heterocycles. The number of benzene rings is 18. The Balaban J connectivity index is 0.691. The number of rotatable bonds is 19. The Kier molecular flexibility index (Phi) is 17.9. The van der Waals surface area contributed by atoms with Crippen LogP contribution >= 0.6 is 0 Å². The van der Waals surface area contributed by atoms with Gasteiger partial charge in [0.1, 0.15) is 0 Å². The lowest BCUT2D eigenvalue weighted by Crippen LogP contribution is -2.12. The lowest BCUT2D eigenvalue weighted by Gasteiger charge is -2.28. The van der Waals surface area contributed by atoms with Crippen LogP contribution in [-0.4, -0.2) is 9.13 Å². The number of nitrogens with zero attached hydrogens (tertiary/aromatic N) is 6. The normalized spacial score (nSPS) is 11.3. The van der Waals surface area contributed by atoms with Gasteiger partial charge in [0.25, 0.3) is 0 Å². The molecule has 6 heteroatoms. The van der Waals surface area contributed by atoms with Gasteiger partial charge < -0.3 is 28.7 Å². The second-order valence-corrected chi connectivity index (χ2v) is 28.9. The van der Waals surface area contributed by atoms with Crippen molar-refractivity contribution >= 4 is 112 Å². The van der Waals surface area contributed by atoms with E-state index in [9.17, 15) is 0 Å². The van der Waals surface area contributed by atoms with Gasteiger partial charge in [-0.2, -0.15) is 0 Å². The molecule has 0 spiro atoms. The first-order chi connectivity index (χ1) is 56.6. The molecule has 0 aliphatic heterocycles. The molecule has 2 heterocycles. The second kappa shape index (κ2) is 30.0. The van der Waals surface area contributed by atoms with Crippen molar-refractivity contribution in [2.24, 2.45) is 0 Å². The van der Waals surface area contributed by atoms with E-state index in [-0.39, 0.29) is 0 Å². The minimum atomic E-state index is 1.04. The van der Waals surface area contributed by atoms with E-state index in [1.165, 1.54) is 32.7 Å². The minimum Gasteiger partial charge on any atom is -0.311 e. The summed E-state index contributed by atoms with van der Waals surface area (Å²) in [5.74, 6) is 0. The van der Waals surface area contributed by atoms with Crippen LogP contribution in [0.2, 0.25) is 0 Å². The van der Waals surface area contributed by atoms with Gasteiger partial charge in [-0.25, -0.2) is 0 Å². The maximum absolute atomic E-state index is 2.48. The SMILES string of the molecule is c1ccc(-c2c(-c3ccccc3)n(-c3ccc(N(c4ccccc4)c4ccc(N(c5ccccc5)c5ccc6ccccc6c5)cc4)cc3)c3ccc(-c4ccc5c(c4)c(-c4ccccc4)c(-c4ccccc4)n5-c4ccc(N(c5ccccc5)c5ccc(N(c6ccccc6)c6ccc7ccccc7c6)cc5)cc4)cc23)cc1. The Morgan fingerprint density at radius 1 is 0.149 bits per heavy atom. The summed E-state index contributed by atoms with van der Waals surface area (Å²) < 4.78 is 4.95. The highest BCUT2D eigenvalue weighted by Gasteiger charge is 2.27. The van der Waals surface area contributed by atoms with Gasteiger partial charge >= 0.3 is 0 Å². The lowest BCUT2D eigenvalue weighted by atomic mass is 9.94. The van der Waals surface area contributed by atoms with E-state index in [2.05, 4.69) is 490 Å². The van der Waals surface area contributed by atoms with Gasteiger partial charge in [0, 0.05) is 102 Å². The van der Waals surface area contributed by atoms with Crippen LogP contribution in [0.25, 0.3) is 111 Å². The Morgan fingerprint density at radius 3 is 0.675 bits per heavy atom. The molecule has 0 saturated carbocycles. The number of hydrogen-bond acceptors (Lipinski definition) is 4. The monoisotopic (exact) mass is 1460 g/mol.